The second-order valence-corrected chi connectivity index (χ2v) is 4.24. The number of hydrogen-bond acceptors (Lipinski definition) is 3. The highest BCUT2D eigenvalue weighted by Gasteiger charge is 2.33. The molecule has 0 bridgehead atoms. The van der Waals surface area contributed by atoms with Crippen LogP contribution in [0.3, 0.4) is 0 Å². The van der Waals surface area contributed by atoms with Gasteiger partial charge in [0.2, 0.25) is 5.91 Å². The second-order valence-electron chi connectivity index (χ2n) is 4.24. The molecule has 1 amide bonds. The number of hydrogen-bond donors (Lipinski definition) is 0. The molecule has 0 N–H and O–H groups in total. The first-order valence-electron chi connectivity index (χ1n) is 5.59. The Morgan fingerprint density at radius 2 is 1.88 bits per heavy atom. The molecule has 0 spiro atoms. The van der Waals surface area contributed by atoms with Crippen molar-refractivity contribution >= 4 is 11.9 Å². The summed E-state index contributed by atoms with van der Waals surface area (Å²) < 4.78 is 5.35. The van der Waals surface area contributed by atoms with Crippen molar-refractivity contribution in [1.29, 1.82) is 0 Å². The molecule has 2 atom stereocenters. The number of rotatable bonds is 1. The largest absolute Gasteiger partial charge is 0.455 e. The van der Waals surface area contributed by atoms with E-state index < -0.39 is 5.97 Å². The Morgan fingerprint density at radius 3 is 2.53 bits per heavy atom. The molecule has 0 aliphatic carbocycles. The zero-order valence-electron chi connectivity index (χ0n) is 9.92. The third kappa shape index (κ3) is 2.30. The number of nitrogens with zero attached hydrogens (tertiary/aromatic N) is 1. The minimum absolute atomic E-state index is 0.156. The lowest BCUT2D eigenvalue weighted by atomic mass is 10.0. The molecule has 1 heterocycles. The molecule has 0 radical (unpaired) electrons. The fraction of sp³-hybridized carbons (Fsp3) is 0.385. The van der Waals surface area contributed by atoms with Crippen LogP contribution in [0, 0.1) is 0 Å². The zero-order valence-corrected chi connectivity index (χ0v) is 9.92. The van der Waals surface area contributed by atoms with Crippen molar-refractivity contribution in [1.82, 2.24) is 4.90 Å². The minimum atomic E-state index is -0.458. The Hall–Kier alpha value is -1.84. The Labute approximate surface area is 100 Å². The molecule has 0 saturated carbocycles. The van der Waals surface area contributed by atoms with E-state index in [0.29, 0.717) is 0 Å². The van der Waals surface area contributed by atoms with Gasteiger partial charge in [-0.05, 0) is 12.5 Å². The molecule has 0 aromatic heterocycles. The molecule has 1 aromatic rings. The summed E-state index contributed by atoms with van der Waals surface area (Å²) in [6, 6.07) is 9.33. The standard InChI is InChI=1S/C13H15NO3/c1-9-13(10-6-4-3-5-7-10)17-12(16)8-11(15)14(9)2/h3-7,9,13H,8H2,1-2H3. The highest BCUT2D eigenvalue weighted by molar-refractivity contribution is 5.95. The zero-order chi connectivity index (χ0) is 12.4. The van der Waals surface area contributed by atoms with E-state index in [9.17, 15) is 9.59 Å². The van der Waals surface area contributed by atoms with Crippen LogP contribution in [0.1, 0.15) is 25.0 Å². The molecule has 1 aliphatic heterocycles. The van der Waals surface area contributed by atoms with Gasteiger partial charge in [-0.3, -0.25) is 9.59 Å². The maximum atomic E-state index is 11.6. The van der Waals surface area contributed by atoms with Crippen LogP contribution in [0.4, 0.5) is 0 Å². The average Bonchev–Trinajstić information content (AvgIpc) is 2.43. The lowest BCUT2D eigenvalue weighted by molar-refractivity contribution is -0.149. The summed E-state index contributed by atoms with van der Waals surface area (Å²) in [5.74, 6) is -0.652. The van der Waals surface area contributed by atoms with Crippen LogP contribution in [0.2, 0.25) is 0 Å². The topological polar surface area (TPSA) is 46.6 Å². The Morgan fingerprint density at radius 1 is 1.24 bits per heavy atom. The Bertz CT molecular complexity index is 430. The molecule has 1 fully saturated rings. The fourth-order valence-corrected chi connectivity index (χ4v) is 1.95. The van der Waals surface area contributed by atoms with Gasteiger partial charge in [0, 0.05) is 7.05 Å². The first-order valence-corrected chi connectivity index (χ1v) is 5.59. The highest BCUT2D eigenvalue weighted by Crippen LogP contribution is 2.27. The van der Waals surface area contributed by atoms with Gasteiger partial charge >= 0.3 is 5.97 Å². The smallest absolute Gasteiger partial charge is 0.316 e. The maximum absolute atomic E-state index is 11.6. The van der Waals surface area contributed by atoms with Crippen LogP contribution >= 0.6 is 0 Å². The molecular weight excluding hydrogens is 218 g/mol. The summed E-state index contributed by atoms with van der Waals surface area (Å²) in [5, 5.41) is 0. The SMILES string of the molecule is CC1C(c2ccccc2)OC(=O)CC(=O)N1C. The summed E-state index contributed by atoms with van der Waals surface area (Å²) in [5.41, 5.74) is 0.912. The van der Waals surface area contributed by atoms with Crippen molar-refractivity contribution in [2.45, 2.75) is 25.5 Å². The number of carbonyl (C=O) groups excluding carboxylic acids is 2. The number of likely N-dealkylation sites (N-methyl/N-ethyl adjacent to an activating group) is 1. The molecule has 1 aromatic carbocycles. The van der Waals surface area contributed by atoms with Crippen molar-refractivity contribution in [3.8, 4) is 0 Å². The third-order valence-electron chi connectivity index (χ3n) is 3.12. The van der Waals surface area contributed by atoms with Gasteiger partial charge in [-0.25, -0.2) is 0 Å². The average molecular weight is 233 g/mol. The second kappa shape index (κ2) is 4.57. The van der Waals surface area contributed by atoms with Gasteiger partial charge in [0.1, 0.15) is 12.5 Å². The van der Waals surface area contributed by atoms with Gasteiger partial charge < -0.3 is 9.64 Å². The lowest BCUT2D eigenvalue weighted by Crippen LogP contribution is -2.37. The van der Waals surface area contributed by atoms with Crippen molar-refractivity contribution in [3.63, 3.8) is 0 Å². The molecule has 2 rings (SSSR count). The van der Waals surface area contributed by atoms with Crippen LogP contribution in [-0.2, 0) is 14.3 Å². The van der Waals surface area contributed by atoms with Gasteiger partial charge in [0.15, 0.2) is 0 Å². The highest BCUT2D eigenvalue weighted by atomic mass is 16.5. The van der Waals surface area contributed by atoms with E-state index in [1.165, 1.54) is 0 Å². The van der Waals surface area contributed by atoms with E-state index in [4.69, 9.17) is 4.74 Å². The third-order valence-corrected chi connectivity index (χ3v) is 3.12. The van der Waals surface area contributed by atoms with Crippen molar-refractivity contribution in [2.24, 2.45) is 0 Å². The van der Waals surface area contributed by atoms with Crippen molar-refractivity contribution in [2.75, 3.05) is 7.05 Å². The molecule has 17 heavy (non-hydrogen) atoms. The van der Waals surface area contributed by atoms with Gasteiger partial charge in [-0.2, -0.15) is 0 Å². The van der Waals surface area contributed by atoms with E-state index in [1.54, 1.807) is 11.9 Å². The Kier molecular flexibility index (Phi) is 3.13. The van der Waals surface area contributed by atoms with Gasteiger partial charge in [0.05, 0.1) is 6.04 Å². The summed E-state index contributed by atoms with van der Waals surface area (Å²) in [6.07, 6.45) is -0.565. The van der Waals surface area contributed by atoms with Crippen molar-refractivity contribution in [3.05, 3.63) is 35.9 Å². The molecule has 1 saturated heterocycles. The molecule has 90 valence electrons. The van der Waals surface area contributed by atoms with E-state index in [1.807, 2.05) is 37.3 Å². The van der Waals surface area contributed by atoms with Gasteiger partial charge in [-0.1, -0.05) is 30.3 Å². The summed E-state index contributed by atoms with van der Waals surface area (Å²) in [4.78, 5) is 24.7. The summed E-state index contributed by atoms with van der Waals surface area (Å²) in [7, 11) is 1.70. The van der Waals surface area contributed by atoms with Gasteiger partial charge in [0.25, 0.3) is 0 Å². The lowest BCUT2D eigenvalue weighted by Gasteiger charge is -2.28. The molecular formula is C13H15NO3. The number of benzene rings is 1. The maximum Gasteiger partial charge on any atom is 0.316 e. The number of esters is 1. The van der Waals surface area contributed by atoms with Gasteiger partial charge in [-0.15, -0.1) is 0 Å². The van der Waals surface area contributed by atoms with Crippen LogP contribution in [0.15, 0.2) is 30.3 Å². The first kappa shape index (κ1) is 11.6. The normalized spacial score (nSPS) is 25.4. The molecule has 4 nitrogen and oxygen atoms in total. The van der Waals surface area contributed by atoms with Crippen LogP contribution in [0.5, 0.6) is 0 Å². The monoisotopic (exact) mass is 233 g/mol. The fourth-order valence-electron chi connectivity index (χ4n) is 1.95. The van der Waals surface area contributed by atoms with E-state index in [0.717, 1.165) is 5.56 Å². The number of amides is 1. The van der Waals surface area contributed by atoms with E-state index in [-0.39, 0.29) is 24.5 Å². The van der Waals surface area contributed by atoms with Crippen LogP contribution in [0.25, 0.3) is 0 Å². The van der Waals surface area contributed by atoms with E-state index in [2.05, 4.69) is 0 Å². The summed E-state index contributed by atoms with van der Waals surface area (Å²) >= 11 is 0. The Balaban J connectivity index is 2.32. The number of cyclic esters (lactones) is 1. The van der Waals surface area contributed by atoms with Crippen LogP contribution in [-0.4, -0.2) is 29.9 Å². The molecule has 4 heteroatoms. The molecule has 1 aliphatic rings. The summed E-state index contributed by atoms with van der Waals surface area (Å²) in [6.45, 7) is 1.88. The molecule has 2 unspecified atom stereocenters. The quantitative estimate of drug-likeness (QED) is 0.546. The number of carbonyl (C=O) groups is 2. The van der Waals surface area contributed by atoms with Crippen LogP contribution < -0.4 is 0 Å². The number of ether oxygens (including phenoxy) is 1. The first-order chi connectivity index (χ1) is 8.09. The predicted molar refractivity (Wildman–Crippen MR) is 62.1 cm³/mol. The minimum Gasteiger partial charge on any atom is -0.455 e. The van der Waals surface area contributed by atoms with E-state index >= 15 is 0 Å². The van der Waals surface area contributed by atoms with Crippen molar-refractivity contribution < 1.29 is 14.3 Å². The predicted octanol–water partition coefficient (Wildman–Crippen LogP) is 1.52.